The minimum Gasteiger partial charge on any atom is -0.290 e. The number of guanidine groups is 1. The Morgan fingerprint density at radius 1 is 1.00 bits per heavy atom. The third kappa shape index (κ3) is 4.96. The number of halogens is 6. The van der Waals surface area contributed by atoms with E-state index >= 15 is 0 Å². The van der Waals surface area contributed by atoms with Crippen LogP contribution in [0.4, 0.5) is 26.3 Å². The molecule has 146 valence electrons. The Bertz CT molecular complexity index is 778. The molecular weight excluding hydrogens is 408 g/mol. The molecule has 5 nitrogen and oxygen atoms in total. The Kier molecular flexibility index (Phi) is 5.71. The van der Waals surface area contributed by atoms with Crippen LogP contribution in [-0.2, 0) is 22.4 Å². The predicted molar refractivity (Wildman–Crippen MR) is 83.3 cm³/mol. The number of nitrogens with two attached hydrogens (primary N) is 1. The number of alkyl halides is 6. The van der Waals surface area contributed by atoms with Crippen LogP contribution in [0.3, 0.4) is 0 Å². The molecule has 0 radical (unpaired) electrons. The first-order valence-electron chi connectivity index (χ1n) is 7.08. The summed E-state index contributed by atoms with van der Waals surface area (Å²) in [5.41, 5.74) is 2.17. The fraction of sp³-hybridized carbons (Fsp3) is 0.462. The molecule has 13 heteroatoms. The Morgan fingerprint density at radius 2 is 1.46 bits per heavy atom. The van der Waals surface area contributed by atoms with Crippen LogP contribution < -0.4 is 10.5 Å². The first-order valence-corrected chi connectivity index (χ1v) is 9.72. The highest BCUT2D eigenvalue weighted by Crippen LogP contribution is 2.37. The minimum atomic E-state index is -5.15. The van der Waals surface area contributed by atoms with Crippen LogP contribution in [0.2, 0.25) is 0 Å². The van der Waals surface area contributed by atoms with Crippen molar-refractivity contribution in [3.05, 3.63) is 29.3 Å². The third-order valence-electron chi connectivity index (χ3n) is 3.46. The molecule has 0 unspecified atom stereocenters. The van der Waals surface area contributed by atoms with Gasteiger partial charge in [0.05, 0.1) is 24.2 Å². The summed E-state index contributed by atoms with van der Waals surface area (Å²) in [6.45, 7) is 0.796. The largest absolute Gasteiger partial charge is 0.416 e. The lowest BCUT2D eigenvalue weighted by molar-refractivity contribution is -0.522. The van der Waals surface area contributed by atoms with E-state index in [9.17, 15) is 34.8 Å². The van der Waals surface area contributed by atoms with E-state index in [0.29, 0.717) is 24.6 Å². The summed E-state index contributed by atoms with van der Waals surface area (Å²) in [7, 11) is -4.73. The average molecular weight is 422 g/mol. The first kappa shape index (κ1) is 20.7. The monoisotopic (exact) mass is 422 g/mol. The number of thioether (sulfide) groups is 1. The summed E-state index contributed by atoms with van der Waals surface area (Å²) in [6.07, 6.45) is -10.3. The zero-order valence-corrected chi connectivity index (χ0v) is 14.6. The van der Waals surface area contributed by atoms with E-state index in [-0.39, 0.29) is 24.2 Å². The van der Waals surface area contributed by atoms with Crippen molar-refractivity contribution in [2.24, 2.45) is 5.73 Å². The summed E-state index contributed by atoms with van der Waals surface area (Å²) in [5, 5.41) is 0. The molecular formula is C13H14F6N3O2S2+. The topological polar surface area (TPSA) is 75.2 Å². The number of nitrogens with zero attached hydrogens (tertiary/aromatic N) is 1. The highest BCUT2D eigenvalue weighted by Gasteiger charge is 2.39. The van der Waals surface area contributed by atoms with Crippen molar-refractivity contribution >= 4 is 27.7 Å². The SMILES string of the molecule is NC(NS(=O)(=O)c1cc(C(F)(F)F)cc(C(F)(F)F)c1)=[N+]1CCSCC1. The maximum absolute atomic E-state index is 12.9. The van der Waals surface area contributed by atoms with E-state index in [4.69, 9.17) is 5.73 Å². The third-order valence-corrected chi connectivity index (χ3v) is 5.74. The van der Waals surface area contributed by atoms with Crippen molar-refractivity contribution < 1.29 is 39.3 Å². The number of hydrogen-bond acceptors (Lipinski definition) is 3. The molecule has 0 aliphatic carbocycles. The first-order chi connectivity index (χ1) is 11.8. The zero-order chi connectivity index (χ0) is 19.8. The van der Waals surface area contributed by atoms with Crippen LogP contribution in [0.25, 0.3) is 0 Å². The van der Waals surface area contributed by atoms with Crippen LogP contribution in [0, 0.1) is 0 Å². The summed E-state index contributed by atoms with van der Waals surface area (Å²) < 4.78 is 105. The van der Waals surface area contributed by atoms with E-state index in [1.54, 1.807) is 11.8 Å². The van der Waals surface area contributed by atoms with Crippen LogP contribution in [-0.4, -0.2) is 43.5 Å². The molecule has 0 amide bonds. The molecule has 0 aromatic heterocycles. The molecule has 1 aromatic rings. The number of hydrogen-bond donors (Lipinski definition) is 2. The second-order valence-corrected chi connectivity index (χ2v) is 8.24. The fourth-order valence-electron chi connectivity index (χ4n) is 2.15. The van der Waals surface area contributed by atoms with E-state index in [1.807, 2.05) is 4.72 Å². The van der Waals surface area contributed by atoms with Gasteiger partial charge in [-0.05, 0) is 18.2 Å². The molecule has 1 aliphatic heterocycles. The van der Waals surface area contributed by atoms with Crippen LogP contribution in [0.5, 0.6) is 0 Å². The minimum absolute atomic E-state index is 0.136. The van der Waals surface area contributed by atoms with Crippen LogP contribution in [0.15, 0.2) is 23.1 Å². The van der Waals surface area contributed by atoms with Gasteiger partial charge in [0.15, 0.2) is 0 Å². The number of rotatable bonds is 2. The normalized spacial score (nSPS) is 16.5. The molecule has 0 saturated carbocycles. The Hall–Kier alpha value is -1.63. The lowest BCUT2D eigenvalue weighted by Crippen LogP contribution is -2.46. The lowest BCUT2D eigenvalue weighted by atomic mass is 10.1. The molecule has 2 rings (SSSR count). The van der Waals surface area contributed by atoms with Gasteiger partial charge < -0.3 is 0 Å². The average Bonchev–Trinajstić information content (AvgIpc) is 2.53. The van der Waals surface area contributed by atoms with Crippen molar-refractivity contribution in [2.75, 3.05) is 24.6 Å². The van der Waals surface area contributed by atoms with Gasteiger partial charge in [0, 0.05) is 11.5 Å². The van der Waals surface area contributed by atoms with Gasteiger partial charge in [-0.1, -0.05) is 0 Å². The van der Waals surface area contributed by atoms with Gasteiger partial charge in [0.25, 0.3) is 0 Å². The smallest absolute Gasteiger partial charge is 0.290 e. The van der Waals surface area contributed by atoms with Crippen molar-refractivity contribution in [3.8, 4) is 0 Å². The fourth-order valence-corrected chi connectivity index (χ4v) is 4.14. The predicted octanol–water partition coefficient (Wildman–Crippen LogP) is 2.08. The maximum Gasteiger partial charge on any atom is 0.416 e. The van der Waals surface area contributed by atoms with Gasteiger partial charge in [-0.3, -0.25) is 10.3 Å². The molecule has 1 heterocycles. The van der Waals surface area contributed by atoms with Crippen LogP contribution >= 0.6 is 11.8 Å². The highest BCUT2D eigenvalue weighted by atomic mass is 32.2. The molecule has 1 fully saturated rings. The van der Waals surface area contributed by atoms with Gasteiger partial charge in [-0.25, -0.2) is 0 Å². The molecule has 1 aliphatic rings. The number of sulfonamides is 1. The van der Waals surface area contributed by atoms with Crippen LogP contribution in [0.1, 0.15) is 11.1 Å². The van der Waals surface area contributed by atoms with Gasteiger partial charge in [-0.15, -0.1) is 0 Å². The van der Waals surface area contributed by atoms with Gasteiger partial charge >= 0.3 is 28.3 Å². The van der Waals surface area contributed by atoms with Crippen molar-refractivity contribution in [2.45, 2.75) is 17.2 Å². The van der Waals surface area contributed by atoms with E-state index in [2.05, 4.69) is 0 Å². The zero-order valence-electron chi connectivity index (χ0n) is 13.0. The van der Waals surface area contributed by atoms with Crippen molar-refractivity contribution in [1.29, 1.82) is 0 Å². The molecule has 1 saturated heterocycles. The van der Waals surface area contributed by atoms with Crippen molar-refractivity contribution in [1.82, 2.24) is 4.72 Å². The van der Waals surface area contributed by atoms with E-state index in [1.165, 1.54) is 4.58 Å². The van der Waals surface area contributed by atoms with E-state index < -0.39 is 38.4 Å². The standard InChI is InChI=1S/C13H13F6N3O2S2/c14-12(15,16)8-5-9(13(17,18)19)7-10(6-8)26(23,24)21-11(20)22-1-3-25-4-2-22/h5-7H,1-4H2,(H2,20,21)/p+1. The summed E-state index contributed by atoms with van der Waals surface area (Å²) in [6, 6.07) is 0.127. The number of benzene rings is 1. The molecule has 3 N–H and O–H groups in total. The lowest BCUT2D eigenvalue weighted by Gasteiger charge is -2.16. The summed E-state index contributed by atoms with van der Waals surface area (Å²) in [4.78, 5) is -1.17. The quantitative estimate of drug-likeness (QED) is 0.435. The second kappa shape index (κ2) is 7.18. The molecule has 0 spiro atoms. The molecule has 26 heavy (non-hydrogen) atoms. The highest BCUT2D eigenvalue weighted by molar-refractivity contribution is 7.99. The van der Waals surface area contributed by atoms with E-state index in [0.717, 1.165) is 0 Å². The summed E-state index contributed by atoms with van der Waals surface area (Å²) in [5.74, 6) is 0.963. The Balaban J connectivity index is 2.48. The Labute approximate surface area is 149 Å². The van der Waals surface area contributed by atoms with Gasteiger partial charge in [0.2, 0.25) is 0 Å². The summed E-state index contributed by atoms with van der Waals surface area (Å²) >= 11 is 1.60. The number of nitrogens with one attached hydrogen (secondary N) is 1. The molecule has 0 atom stereocenters. The molecule has 0 bridgehead atoms. The van der Waals surface area contributed by atoms with Gasteiger partial charge in [-0.2, -0.15) is 51.2 Å². The Morgan fingerprint density at radius 3 is 1.88 bits per heavy atom. The second-order valence-electron chi connectivity index (χ2n) is 5.33. The van der Waals surface area contributed by atoms with Gasteiger partial charge in [0.1, 0.15) is 4.90 Å². The molecule has 1 aromatic carbocycles. The van der Waals surface area contributed by atoms with Crippen molar-refractivity contribution in [3.63, 3.8) is 0 Å². The maximum atomic E-state index is 12.9.